The average molecular weight is 286 g/mol. The fourth-order valence-corrected chi connectivity index (χ4v) is 2.43. The van der Waals surface area contributed by atoms with Crippen molar-refractivity contribution in [2.24, 2.45) is 17.8 Å². The van der Waals surface area contributed by atoms with Gasteiger partial charge in [0.25, 0.3) is 0 Å². The van der Waals surface area contributed by atoms with E-state index >= 15 is 0 Å². The molecule has 0 aromatic carbocycles. The first-order valence-electron chi connectivity index (χ1n) is 7.84. The van der Waals surface area contributed by atoms with E-state index in [0.717, 1.165) is 18.8 Å². The first-order valence-corrected chi connectivity index (χ1v) is 7.84. The van der Waals surface area contributed by atoms with Gasteiger partial charge in [-0.25, -0.2) is 0 Å². The molecule has 0 aromatic rings. The Hall–Kier alpha value is -1.06. The minimum Gasteiger partial charge on any atom is -0.481 e. The van der Waals surface area contributed by atoms with Crippen LogP contribution in [0, 0.1) is 17.8 Å². The summed E-state index contributed by atoms with van der Waals surface area (Å²) < 4.78 is 0. The lowest BCUT2D eigenvalue weighted by Gasteiger charge is -2.16. The number of carboxylic acids is 2. The Morgan fingerprint density at radius 2 is 1.25 bits per heavy atom. The van der Waals surface area contributed by atoms with Crippen LogP contribution in [-0.2, 0) is 9.59 Å². The van der Waals surface area contributed by atoms with Gasteiger partial charge in [-0.15, -0.1) is 0 Å². The number of hydrogen-bond acceptors (Lipinski definition) is 2. The summed E-state index contributed by atoms with van der Waals surface area (Å²) in [7, 11) is 0. The molecule has 0 fully saturated rings. The zero-order valence-corrected chi connectivity index (χ0v) is 13.1. The monoisotopic (exact) mass is 286 g/mol. The number of carbonyl (C=O) groups is 2. The van der Waals surface area contributed by atoms with Crippen molar-refractivity contribution in [3.63, 3.8) is 0 Å². The van der Waals surface area contributed by atoms with E-state index in [1.807, 2.05) is 0 Å². The van der Waals surface area contributed by atoms with Crippen LogP contribution in [0.5, 0.6) is 0 Å². The van der Waals surface area contributed by atoms with Gasteiger partial charge in [0.15, 0.2) is 5.92 Å². The van der Waals surface area contributed by atoms with Gasteiger partial charge in [-0.3, -0.25) is 9.59 Å². The molecule has 20 heavy (non-hydrogen) atoms. The molecular formula is C16H30O4. The SMILES string of the molecule is CCCCC(C)CCC(C)CCCC(C(=O)O)C(=O)O. The van der Waals surface area contributed by atoms with Crippen LogP contribution in [0.25, 0.3) is 0 Å². The van der Waals surface area contributed by atoms with E-state index in [0.29, 0.717) is 12.3 Å². The van der Waals surface area contributed by atoms with Gasteiger partial charge in [-0.1, -0.05) is 65.7 Å². The summed E-state index contributed by atoms with van der Waals surface area (Å²) in [5.41, 5.74) is 0. The first kappa shape index (κ1) is 18.9. The van der Waals surface area contributed by atoms with Gasteiger partial charge in [-0.05, 0) is 18.3 Å². The van der Waals surface area contributed by atoms with Crippen molar-refractivity contribution in [1.29, 1.82) is 0 Å². The van der Waals surface area contributed by atoms with Gasteiger partial charge in [0, 0.05) is 0 Å². The number of unbranched alkanes of at least 4 members (excludes halogenated alkanes) is 1. The molecule has 118 valence electrons. The van der Waals surface area contributed by atoms with E-state index < -0.39 is 17.9 Å². The molecule has 4 heteroatoms. The van der Waals surface area contributed by atoms with E-state index in [1.165, 1.54) is 25.7 Å². The van der Waals surface area contributed by atoms with Crippen LogP contribution in [0.15, 0.2) is 0 Å². The highest BCUT2D eigenvalue weighted by Gasteiger charge is 2.25. The lowest BCUT2D eigenvalue weighted by molar-refractivity contribution is -0.154. The predicted octanol–water partition coefficient (Wildman–Crippen LogP) is 4.18. The lowest BCUT2D eigenvalue weighted by atomic mass is 9.90. The van der Waals surface area contributed by atoms with Crippen molar-refractivity contribution in [2.75, 3.05) is 0 Å². The van der Waals surface area contributed by atoms with Crippen molar-refractivity contribution < 1.29 is 19.8 Å². The normalized spacial score (nSPS) is 14.2. The molecule has 0 aliphatic rings. The van der Waals surface area contributed by atoms with Gasteiger partial charge >= 0.3 is 11.9 Å². The van der Waals surface area contributed by atoms with Crippen molar-refractivity contribution in [3.05, 3.63) is 0 Å². The lowest BCUT2D eigenvalue weighted by Crippen LogP contribution is -2.23. The predicted molar refractivity (Wildman–Crippen MR) is 79.7 cm³/mol. The largest absolute Gasteiger partial charge is 0.481 e. The number of carboxylic acid groups (broad SMARTS) is 2. The third-order valence-electron chi connectivity index (χ3n) is 3.99. The van der Waals surface area contributed by atoms with Gasteiger partial charge in [0.1, 0.15) is 0 Å². The van der Waals surface area contributed by atoms with Crippen molar-refractivity contribution in [2.45, 2.75) is 72.1 Å². The van der Waals surface area contributed by atoms with Gasteiger partial charge in [-0.2, -0.15) is 0 Å². The Morgan fingerprint density at radius 1 is 0.800 bits per heavy atom. The second kappa shape index (κ2) is 10.7. The van der Waals surface area contributed by atoms with Gasteiger partial charge < -0.3 is 10.2 Å². The first-order chi connectivity index (χ1) is 9.38. The summed E-state index contributed by atoms with van der Waals surface area (Å²) in [4.78, 5) is 21.5. The van der Waals surface area contributed by atoms with E-state index in [-0.39, 0.29) is 6.42 Å². The highest BCUT2D eigenvalue weighted by molar-refractivity contribution is 5.92. The fraction of sp³-hybridized carbons (Fsp3) is 0.875. The van der Waals surface area contributed by atoms with E-state index in [4.69, 9.17) is 10.2 Å². The van der Waals surface area contributed by atoms with Crippen molar-refractivity contribution >= 4 is 11.9 Å². The Labute approximate surface area is 122 Å². The molecule has 2 N–H and O–H groups in total. The molecule has 0 heterocycles. The molecule has 0 saturated heterocycles. The maximum Gasteiger partial charge on any atom is 0.317 e. The maximum absolute atomic E-state index is 10.8. The van der Waals surface area contributed by atoms with Crippen LogP contribution in [0.3, 0.4) is 0 Å². The van der Waals surface area contributed by atoms with E-state index in [9.17, 15) is 9.59 Å². The minimum atomic E-state index is -1.24. The zero-order valence-electron chi connectivity index (χ0n) is 13.1. The van der Waals surface area contributed by atoms with E-state index in [2.05, 4.69) is 20.8 Å². The number of rotatable bonds is 12. The highest BCUT2D eigenvalue weighted by Crippen LogP contribution is 2.22. The topological polar surface area (TPSA) is 74.6 Å². The fourth-order valence-electron chi connectivity index (χ4n) is 2.43. The third kappa shape index (κ3) is 8.94. The Kier molecular flexibility index (Phi) is 10.1. The number of aliphatic carboxylic acids is 2. The molecule has 4 nitrogen and oxygen atoms in total. The average Bonchev–Trinajstić information content (AvgIpc) is 2.37. The zero-order chi connectivity index (χ0) is 15.5. The summed E-state index contributed by atoms with van der Waals surface area (Å²) >= 11 is 0. The Bertz CT molecular complexity index is 274. The smallest absolute Gasteiger partial charge is 0.317 e. The molecule has 2 atom stereocenters. The Balaban J connectivity index is 3.79. The van der Waals surface area contributed by atoms with Crippen LogP contribution >= 0.6 is 0 Å². The van der Waals surface area contributed by atoms with Crippen LogP contribution in [0.2, 0.25) is 0 Å². The van der Waals surface area contributed by atoms with Crippen LogP contribution in [0.4, 0.5) is 0 Å². The molecule has 0 aliphatic heterocycles. The summed E-state index contributed by atoms with van der Waals surface area (Å²) in [6.07, 6.45) is 7.99. The molecule has 0 radical (unpaired) electrons. The minimum absolute atomic E-state index is 0.237. The molecule has 2 unspecified atom stereocenters. The summed E-state index contributed by atoms with van der Waals surface area (Å²) in [5.74, 6) is -2.40. The van der Waals surface area contributed by atoms with Crippen molar-refractivity contribution in [3.8, 4) is 0 Å². The summed E-state index contributed by atoms with van der Waals surface area (Å²) in [6, 6.07) is 0. The molecule has 0 aliphatic carbocycles. The van der Waals surface area contributed by atoms with Crippen molar-refractivity contribution in [1.82, 2.24) is 0 Å². The molecule has 0 spiro atoms. The summed E-state index contributed by atoms with van der Waals surface area (Å²) in [6.45, 7) is 6.66. The molecule has 0 saturated carbocycles. The third-order valence-corrected chi connectivity index (χ3v) is 3.99. The molecular weight excluding hydrogens is 256 g/mol. The van der Waals surface area contributed by atoms with E-state index in [1.54, 1.807) is 0 Å². The number of hydrogen-bond donors (Lipinski definition) is 2. The summed E-state index contributed by atoms with van der Waals surface area (Å²) in [5, 5.41) is 17.6. The molecule has 0 bridgehead atoms. The van der Waals surface area contributed by atoms with Gasteiger partial charge in [0.2, 0.25) is 0 Å². The second-order valence-corrected chi connectivity index (χ2v) is 6.09. The maximum atomic E-state index is 10.8. The standard InChI is InChI=1S/C16H30O4/c1-4-5-7-12(2)10-11-13(3)8-6-9-14(15(17)18)16(19)20/h12-14H,4-11H2,1-3H3,(H,17,18)(H,19,20). The molecule has 0 aromatic heterocycles. The van der Waals surface area contributed by atoms with Crippen LogP contribution in [-0.4, -0.2) is 22.2 Å². The second-order valence-electron chi connectivity index (χ2n) is 6.09. The van der Waals surface area contributed by atoms with Gasteiger partial charge in [0.05, 0.1) is 0 Å². The van der Waals surface area contributed by atoms with Crippen LogP contribution < -0.4 is 0 Å². The molecule has 0 amide bonds. The molecule has 0 rings (SSSR count). The Morgan fingerprint density at radius 3 is 1.65 bits per heavy atom. The quantitative estimate of drug-likeness (QED) is 0.528. The van der Waals surface area contributed by atoms with Crippen LogP contribution in [0.1, 0.15) is 72.1 Å². The highest BCUT2D eigenvalue weighted by atomic mass is 16.4.